The van der Waals surface area contributed by atoms with E-state index in [1.165, 1.54) is 0 Å². The first-order valence-corrected chi connectivity index (χ1v) is 7.02. The summed E-state index contributed by atoms with van der Waals surface area (Å²) >= 11 is 0. The predicted molar refractivity (Wildman–Crippen MR) is 81.3 cm³/mol. The predicted octanol–water partition coefficient (Wildman–Crippen LogP) is 1.72. The molecule has 0 aliphatic rings. The molecule has 0 fully saturated rings. The average Bonchev–Trinajstić information content (AvgIpc) is 2.51. The van der Waals surface area contributed by atoms with Crippen LogP contribution in [0.1, 0.15) is 11.1 Å². The Balaban J connectivity index is 2.03. The molecule has 0 bridgehead atoms. The van der Waals surface area contributed by atoms with E-state index in [1.54, 1.807) is 24.3 Å². The monoisotopic (exact) mass is 318 g/mol. The van der Waals surface area contributed by atoms with Crippen molar-refractivity contribution in [2.24, 2.45) is 5.73 Å². The molecule has 6 heteroatoms. The van der Waals surface area contributed by atoms with E-state index < -0.39 is 29.5 Å². The van der Waals surface area contributed by atoms with Gasteiger partial charge < -0.3 is 11.1 Å². The average molecular weight is 318 g/mol. The summed E-state index contributed by atoms with van der Waals surface area (Å²) in [6.45, 7) is 0. The van der Waals surface area contributed by atoms with Crippen LogP contribution in [0, 0.1) is 11.6 Å². The van der Waals surface area contributed by atoms with Gasteiger partial charge in [-0.3, -0.25) is 9.59 Å². The van der Waals surface area contributed by atoms with Gasteiger partial charge in [0.1, 0.15) is 17.7 Å². The van der Waals surface area contributed by atoms with Crippen LogP contribution in [-0.2, 0) is 22.4 Å². The SMILES string of the molecule is NC(=O)[C@H](Cc1ccccc1)NC(=O)Cc1cc(F)ccc1F. The number of primary amides is 1. The van der Waals surface area contributed by atoms with Crippen molar-refractivity contribution in [3.8, 4) is 0 Å². The van der Waals surface area contributed by atoms with Crippen LogP contribution >= 0.6 is 0 Å². The third-order valence-corrected chi connectivity index (χ3v) is 3.32. The highest BCUT2D eigenvalue weighted by molar-refractivity contribution is 5.87. The fraction of sp³-hybridized carbons (Fsp3) is 0.176. The Kier molecular flexibility index (Phi) is 5.41. The molecule has 3 N–H and O–H groups in total. The van der Waals surface area contributed by atoms with E-state index in [4.69, 9.17) is 5.73 Å². The van der Waals surface area contributed by atoms with Crippen LogP contribution in [0.15, 0.2) is 48.5 Å². The molecule has 0 spiro atoms. The largest absolute Gasteiger partial charge is 0.368 e. The van der Waals surface area contributed by atoms with Crippen LogP contribution in [0.2, 0.25) is 0 Å². The Bertz CT molecular complexity index is 705. The Morgan fingerprint density at radius 2 is 1.78 bits per heavy atom. The molecule has 4 nitrogen and oxygen atoms in total. The lowest BCUT2D eigenvalue weighted by Crippen LogP contribution is -2.46. The van der Waals surface area contributed by atoms with Crippen molar-refractivity contribution >= 4 is 11.8 Å². The summed E-state index contributed by atoms with van der Waals surface area (Å²) < 4.78 is 26.6. The van der Waals surface area contributed by atoms with Gasteiger partial charge in [0.15, 0.2) is 0 Å². The number of carbonyl (C=O) groups excluding carboxylic acids is 2. The number of amides is 2. The van der Waals surface area contributed by atoms with Gasteiger partial charge in [0.05, 0.1) is 6.42 Å². The molecule has 2 aromatic rings. The molecule has 120 valence electrons. The molecule has 2 amide bonds. The molecule has 0 saturated carbocycles. The first-order valence-electron chi connectivity index (χ1n) is 7.02. The van der Waals surface area contributed by atoms with E-state index >= 15 is 0 Å². The van der Waals surface area contributed by atoms with Crippen LogP contribution in [0.3, 0.4) is 0 Å². The van der Waals surface area contributed by atoms with E-state index in [2.05, 4.69) is 5.32 Å². The van der Waals surface area contributed by atoms with Crippen molar-refractivity contribution < 1.29 is 18.4 Å². The normalized spacial score (nSPS) is 11.7. The lowest BCUT2D eigenvalue weighted by atomic mass is 10.0. The second kappa shape index (κ2) is 7.49. The number of hydrogen-bond donors (Lipinski definition) is 2. The molecule has 0 radical (unpaired) electrons. The van der Waals surface area contributed by atoms with Crippen LogP contribution in [0.25, 0.3) is 0 Å². The zero-order valence-corrected chi connectivity index (χ0v) is 12.3. The van der Waals surface area contributed by atoms with E-state index in [0.29, 0.717) is 0 Å². The quantitative estimate of drug-likeness (QED) is 0.851. The molecular weight excluding hydrogens is 302 g/mol. The number of nitrogens with one attached hydrogen (secondary N) is 1. The molecule has 2 aromatic carbocycles. The minimum absolute atomic E-state index is 0.0783. The van der Waals surface area contributed by atoms with Crippen molar-refractivity contribution in [1.29, 1.82) is 0 Å². The maximum Gasteiger partial charge on any atom is 0.240 e. The van der Waals surface area contributed by atoms with Crippen molar-refractivity contribution in [3.63, 3.8) is 0 Å². The van der Waals surface area contributed by atoms with Gasteiger partial charge in [-0.25, -0.2) is 8.78 Å². The van der Waals surface area contributed by atoms with Gasteiger partial charge in [-0.1, -0.05) is 30.3 Å². The Hall–Kier alpha value is -2.76. The highest BCUT2D eigenvalue weighted by atomic mass is 19.1. The number of carbonyl (C=O) groups is 2. The molecule has 0 unspecified atom stereocenters. The minimum Gasteiger partial charge on any atom is -0.368 e. The standard InChI is InChI=1S/C17H16F2N2O2/c18-13-6-7-14(19)12(9-13)10-16(22)21-15(17(20)23)8-11-4-2-1-3-5-11/h1-7,9,15H,8,10H2,(H2,20,23)(H,21,22)/t15-/m0/s1. The first kappa shape index (κ1) is 16.6. The van der Waals surface area contributed by atoms with Gasteiger partial charge >= 0.3 is 0 Å². The topological polar surface area (TPSA) is 72.2 Å². The highest BCUT2D eigenvalue weighted by Gasteiger charge is 2.19. The fourth-order valence-electron chi connectivity index (χ4n) is 2.17. The lowest BCUT2D eigenvalue weighted by Gasteiger charge is -2.16. The smallest absolute Gasteiger partial charge is 0.240 e. The Labute approximate surface area is 132 Å². The van der Waals surface area contributed by atoms with Crippen molar-refractivity contribution in [1.82, 2.24) is 5.32 Å². The van der Waals surface area contributed by atoms with E-state index in [9.17, 15) is 18.4 Å². The summed E-state index contributed by atoms with van der Waals surface area (Å²) in [6.07, 6.45) is -0.143. The van der Waals surface area contributed by atoms with Crippen molar-refractivity contribution in [3.05, 3.63) is 71.3 Å². The van der Waals surface area contributed by atoms with Crippen LogP contribution in [-0.4, -0.2) is 17.9 Å². The van der Waals surface area contributed by atoms with Crippen LogP contribution in [0.4, 0.5) is 8.78 Å². The Morgan fingerprint density at radius 1 is 1.09 bits per heavy atom. The second-order valence-corrected chi connectivity index (χ2v) is 5.12. The second-order valence-electron chi connectivity index (χ2n) is 5.12. The molecule has 0 aliphatic heterocycles. The van der Waals surface area contributed by atoms with E-state index in [1.807, 2.05) is 6.07 Å². The molecule has 0 aromatic heterocycles. The maximum atomic E-state index is 13.5. The van der Waals surface area contributed by atoms with E-state index in [0.717, 1.165) is 23.8 Å². The fourth-order valence-corrected chi connectivity index (χ4v) is 2.17. The van der Waals surface area contributed by atoms with Crippen molar-refractivity contribution in [2.45, 2.75) is 18.9 Å². The van der Waals surface area contributed by atoms with E-state index in [-0.39, 0.29) is 18.4 Å². The maximum absolute atomic E-state index is 13.5. The minimum atomic E-state index is -0.915. The summed E-state index contributed by atoms with van der Waals surface area (Å²) in [5.41, 5.74) is 6.04. The van der Waals surface area contributed by atoms with Gasteiger partial charge in [-0.15, -0.1) is 0 Å². The summed E-state index contributed by atoms with van der Waals surface area (Å²) in [6, 6.07) is 11.0. The number of rotatable bonds is 6. The molecule has 0 saturated heterocycles. The van der Waals surface area contributed by atoms with Gasteiger partial charge in [-0.05, 0) is 23.8 Å². The summed E-state index contributed by atoms with van der Waals surface area (Å²) in [5, 5.41) is 2.46. The molecular formula is C17H16F2N2O2. The van der Waals surface area contributed by atoms with Crippen LogP contribution in [0.5, 0.6) is 0 Å². The summed E-state index contributed by atoms with van der Waals surface area (Å²) in [7, 11) is 0. The molecule has 1 atom stereocenters. The van der Waals surface area contributed by atoms with Crippen LogP contribution < -0.4 is 11.1 Å². The van der Waals surface area contributed by atoms with Crippen molar-refractivity contribution in [2.75, 3.05) is 0 Å². The zero-order chi connectivity index (χ0) is 16.8. The van der Waals surface area contributed by atoms with Gasteiger partial charge in [0.2, 0.25) is 11.8 Å². The number of hydrogen-bond acceptors (Lipinski definition) is 2. The number of nitrogens with two attached hydrogens (primary N) is 1. The zero-order valence-electron chi connectivity index (χ0n) is 12.3. The third-order valence-electron chi connectivity index (χ3n) is 3.32. The third kappa shape index (κ3) is 4.88. The first-order chi connectivity index (χ1) is 11.0. The van der Waals surface area contributed by atoms with Gasteiger partial charge in [-0.2, -0.15) is 0 Å². The summed E-state index contributed by atoms with van der Waals surface area (Å²) in [5.74, 6) is -2.61. The molecule has 23 heavy (non-hydrogen) atoms. The molecule has 0 aliphatic carbocycles. The van der Waals surface area contributed by atoms with Gasteiger partial charge in [0, 0.05) is 12.0 Å². The summed E-state index contributed by atoms with van der Waals surface area (Å²) in [4.78, 5) is 23.5. The highest BCUT2D eigenvalue weighted by Crippen LogP contribution is 2.11. The Morgan fingerprint density at radius 3 is 2.43 bits per heavy atom. The lowest BCUT2D eigenvalue weighted by molar-refractivity contribution is -0.127. The molecule has 0 heterocycles. The molecule has 2 rings (SSSR count). The number of benzene rings is 2. The number of halogens is 2. The van der Waals surface area contributed by atoms with Gasteiger partial charge in [0.25, 0.3) is 0 Å².